The molecule has 0 saturated heterocycles. The molecule has 0 unspecified atom stereocenters. The second-order valence-corrected chi connectivity index (χ2v) is 6.35. The zero-order valence-corrected chi connectivity index (χ0v) is 14.3. The molecule has 7 heteroatoms. The van der Waals surface area contributed by atoms with Crippen molar-refractivity contribution in [3.63, 3.8) is 0 Å². The number of anilines is 1. The predicted octanol–water partition coefficient (Wildman–Crippen LogP) is 4.03. The Balaban J connectivity index is 1.62. The summed E-state index contributed by atoms with van der Waals surface area (Å²) in [4.78, 5) is 12.2. The summed E-state index contributed by atoms with van der Waals surface area (Å²) in [7, 11) is 0. The second kappa shape index (κ2) is 7.27. The fourth-order valence-corrected chi connectivity index (χ4v) is 3.06. The summed E-state index contributed by atoms with van der Waals surface area (Å²) in [6, 6.07) is 7.45. The van der Waals surface area contributed by atoms with Gasteiger partial charge in [0.05, 0.1) is 0 Å². The molecule has 2 amide bonds. The number of nitrogens with one attached hydrogen (secondary N) is 2. The molecule has 0 bridgehead atoms. The monoisotopic (exact) mass is 342 g/mol. The van der Waals surface area contributed by atoms with Crippen LogP contribution in [0.15, 0.2) is 45.8 Å². The number of hydrogen-bond acceptors (Lipinski definition) is 5. The van der Waals surface area contributed by atoms with Crippen molar-refractivity contribution in [2.24, 2.45) is 0 Å². The van der Waals surface area contributed by atoms with Gasteiger partial charge in [0.15, 0.2) is 0 Å². The zero-order valence-electron chi connectivity index (χ0n) is 13.4. The molecule has 1 aromatic carbocycles. The molecule has 0 fully saturated rings. The van der Waals surface area contributed by atoms with Gasteiger partial charge in [-0.1, -0.05) is 13.0 Å². The maximum Gasteiger partial charge on any atom is 0.319 e. The number of thiophene rings is 1. The fourth-order valence-electron chi connectivity index (χ4n) is 2.27. The summed E-state index contributed by atoms with van der Waals surface area (Å²) >= 11 is 1.66. The van der Waals surface area contributed by atoms with Crippen LogP contribution in [0, 0.1) is 6.92 Å². The first-order valence-corrected chi connectivity index (χ1v) is 8.52. The smallest absolute Gasteiger partial charge is 0.319 e. The lowest BCUT2D eigenvalue weighted by molar-refractivity contribution is 0.251. The van der Waals surface area contributed by atoms with E-state index in [1.165, 1.54) is 12.0 Å². The van der Waals surface area contributed by atoms with Crippen LogP contribution >= 0.6 is 11.3 Å². The van der Waals surface area contributed by atoms with Crippen LogP contribution in [0.4, 0.5) is 10.5 Å². The Labute approximate surface area is 143 Å². The van der Waals surface area contributed by atoms with Gasteiger partial charge in [-0.15, -0.1) is 10.2 Å². The molecule has 0 radical (unpaired) electrons. The average molecular weight is 342 g/mol. The molecular formula is C17H18N4O2S. The van der Waals surface area contributed by atoms with Gasteiger partial charge < -0.3 is 15.1 Å². The molecule has 3 aromatic rings. The number of hydrogen-bond donors (Lipinski definition) is 2. The van der Waals surface area contributed by atoms with E-state index >= 15 is 0 Å². The molecule has 3 rings (SSSR count). The minimum atomic E-state index is -0.233. The molecule has 24 heavy (non-hydrogen) atoms. The third kappa shape index (κ3) is 3.80. The zero-order chi connectivity index (χ0) is 16.9. The van der Waals surface area contributed by atoms with Gasteiger partial charge in [-0.05, 0) is 52.9 Å². The number of aryl methyl sites for hydroxylation is 1. The first-order chi connectivity index (χ1) is 11.6. The van der Waals surface area contributed by atoms with E-state index in [9.17, 15) is 4.79 Å². The first-order valence-electron chi connectivity index (χ1n) is 7.57. The van der Waals surface area contributed by atoms with E-state index in [2.05, 4.69) is 39.2 Å². The lowest BCUT2D eigenvalue weighted by atomic mass is 10.1. The number of urea groups is 1. The summed E-state index contributed by atoms with van der Waals surface area (Å²) in [5.41, 5.74) is 3.67. The highest BCUT2D eigenvalue weighted by atomic mass is 32.1. The van der Waals surface area contributed by atoms with E-state index in [1.54, 1.807) is 11.3 Å². The Kier molecular flexibility index (Phi) is 4.90. The highest BCUT2D eigenvalue weighted by Crippen LogP contribution is 2.24. The molecule has 2 N–H and O–H groups in total. The molecule has 0 aliphatic rings. The standard InChI is InChI=1S/C17H18N4O2S/c1-11-3-4-13(16-21-19-10-23-16)7-15(11)20-17(22)18-8-12(2)14-5-6-24-9-14/h3-7,9-10,12H,8H2,1-2H3,(H2,18,20,22)/t12-/m1/s1. The Hall–Kier alpha value is -2.67. The van der Waals surface area contributed by atoms with Gasteiger partial charge in [0.2, 0.25) is 12.3 Å². The first kappa shape index (κ1) is 16.2. The number of carbonyl (C=O) groups is 1. The molecule has 0 aliphatic heterocycles. The van der Waals surface area contributed by atoms with Gasteiger partial charge in [0.25, 0.3) is 0 Å². The van der Waals surface area contributed by atoms with Gasteiger partial charge in [-0.25, -0.2) is 4.79 Å². The van der Waals surface area contributed by atoms with Crippen LogP contribution in [0.1, 0.15) is 24.0 Å². The number of nitrogens with zero attached hydrogens (tertiary/aromatic N) is 2. The number of aromatic nitrogens is 2. The molecule has 2 heterocycles. The molecule has 6 nitrogen and oxygen atoms in total. The fraction of sp³-hybridized carbons (Fsp3) is 0.235. The van der Waals surface area contributed by atoms with Crippen LogP contribution in [-0.2, 0) is 0 Å². The molecule has 0 aliphatic carbocycles. The Morgan fingerprint density at radius 3 is 2.96 bits per heavy atom. The number of rotatable bonds is 5. The highest BCUT2D eigenvalue weighted by molar-refractivity contribution is 7.07. The SMILES string of the molecule is Cc1ccc(-c2nnco2)cc1NC(=O)NC[C@@H](C)c1ccsc1. The van der Waals surface area contributed by atoms with E-state index in [4.69, 9.17) is 4.42 Å². The van der Waals surface area contributed by atoms with Crippen LogP contribution in [0.2, 0.25) is 0 Å². The normalized spacial score (nSPS) is 11.9. The molecule has 1 atom stereocenters. The van der Waals surface area contributed by atoms with Crippen molar-refractivity contribution in [3.8, 4) is 11.5 Å². The van der Waals surface area contributed by atoms with Crippen molar-refractivity contribution in [3.05, 3.63) is 52.5 Å². The van der Waals surface area contributed by atoms with Gasteiger partial charge in [0, 0.05) is 17.8 Å². The molecule has 124 valence electrons. The van der Waals surface area contributed by atoms with Crippen molar-refractivity contribution in [1.82, 2.24) is 15.5 Å². The van der Waals surface area contributed by atoms with E-state index in [0.29, 0.717) is 18.1 Å². The second-order valence-electron chi connectivity index (χ2n) is 5.57. The molecule has 0 saturated carbocycles. The van der Waals surface area contributed by atoms with Gasteiger partial charge >= 0.3 is 6.03 Å². The highest BCUT2D eigenvalue weighted by Gasteiger charge is 2.11. The maximum atomic E-state index is 12.2. The third-order valence-electron chi connectivity index (χ3n) is 3.77. The van der Waals surface area contributed by atoms with E-state index in [-0.39, 0.29) is 11.9 Å². The minimum Gasteiger partial charge on any atom is -0.423 e. The summed E-state index contributed by atoms with van der Waals surface area (Å²) in [6.07, 6.45) is 1.28. The van der Waals surface area contributed by atoms with E-state index < -0.39 is 0 Å². The average Bonchev–Trinajstić information content (AvgIpc) is 3.28. The van der Waals surface area contributed by atoms with Gasteiger partial charge in [-0.2, -0.15) is 11.3 Å². The summed E-state index contributed by atoms with van der Waals surface area (Å²) in [6.45, 7) is 4.59. The topological polar surface area (TPSA) is 80.1 Å². The Morgan fingerprint density at radius 2 is 2.25 bits per heavy atom. The largest absolute Gasteiger partial charge is 0.423 e. The third-order valence-corrected chi connectivity index (χ3v) is 4.48. The Morgan fingerprint density at radius 1 is 1.38 bits per heavy atom. The minimum absolute atomic E-state index is 0.233. The van der Waals surface area contributed by atoms with Crippen LogP contribution in [-0.4, -0.2) is 22.8 Å². The molecule has 0 spiro atoms. The quantitative estimate of drug-likeness (QED) is 0.733. The van der Waals surface area contributed by atoms with Crippen molar-refractivity contribution in [2.75, 3.05) is 11.9 Å². The summed E-state index contributed by atoms with van der Waals surface area (Å²) < 4.78 is 5.19. The lowest BCUT2D eigenvalue weighted by Crippen LogP contribution is -2.31. The summed E-state index contributed by atoms with van der Waals surface area (Å²) in [5.74, 6) is 0.692. The molecule has 2 aromatic heterocycles. The van der Waals surface area contributed by atoms with Crippen molar-refractivity contribution >= 4 is 23.1 Å². The van der Waals surface area contributed by atoms with Crippen LogP contribution in [0.3, 0.4) is 0 Å². The number of carbonyl (C=O) groups excluding carboxylic acids is 1. The predicted molar refractivity (Wildman–Crippen MR) is 94.2 cm³/mol. The number of benzene rings is 1. The van der Waals surface area contributed by atoms with Crippen molar-refractivity contribution < 1.29 is 9.21 Å². The van der Waals surface area contributed by atoms with Crippen LogP contribution in [0.25, 0.3) is 11.5 Å². The van der Waals surface area contributed by atoms with Crippen LogP contribution < -0.4 is 10.6 Å². The maximum absolute atomic E-state index is 12.2. The van der Waals surface area contributed by atoms with E-state index in [0.717, 1.165) is 11.1 Å². The Bertz CT molecular complexity index is 800. The van der Waals surface area contributed by atoms with Gasteiger partial charge in [0.1, 0.15) is 0 Å². The van der Waals surface area contributed by atoms with E-state index in [1.807, 2.05) is 30.5 Å². The summed E-state index contributed by atoms with van der Waals surface area (Å²) in [5, 5.41) is 17.5. The number of amides is 2. The van der Waals surface area contributed by atoms with Gasteiger partial charge in [-0.3, -0.25) is 0 Å². The lowest BCUT2D eigenvalue weighted by Gasteiger charge is -2.13. The molecular weight excluding hydrogens is 324 g/mol. The van der Waals surface area contributed by atoms with Crippen LogP contribution in [0.5, 0.6) is 0 Å². The van der Waals surface area contributed by atoms with Crippen molar-refractivity contribution in [2.45, 2.75) is 19.8 Å². The van der Waals surface area contributed by atoms with Crippen molar-refractivity contribution in [1.29, 1.82) is 0 Å².